The lowest BCUT2D eigenvalue weighted by Crippen LogP contribution is -2.17. The predicted octanol–water partition coefficient (Wildman–Crippen LogP) is 0.559. The highest BCUT2D eigenvalue weighted by atomic mass is 32.2. The van der Waals surface area contributed by atoms with Gasteiger partial charge in [0.25, 0.3) is 0 Å². The van der Waals surface area contributed by atoms with Gasteiger partial charge < -0.3 is 5.11 Å². The van der Waals surface area contributed by atoms with Gasteiger partial charge in [-0.1, -0.05) is 20.3 Å². The smallest absolute Gasteiger partial charge is 0.347 e. The van der Waals surface area contributed by atoms with E-state index in [9.17, 15) is 13.2 Å². The Morgan fingerprint density at radius 2 is 2.00 bits per heavy atom. The van der Waals surface area contributed by atoms with Gasteiger partial charge in [-0.25, -0.2) is 4.79 Å². The van der Waals surface area contributed by atoms with Gasteiger partial charge in [-0.3, -0.25) is 0 Å². The van der Waals surface area contributed by atoms with Crippen molar-refractivity contribution >= 4 is 21.1 Å². The Hall–Kier alpha value is -0.840. The van der Waals surface area contributed by atoms with E-state index >= 15 is 0 Å². The fourth-order valence-electron chi connectivity index (χ4n) is 0.687. The van der Waals surface area contributed by atoms with Crippen LogP contribution in [0.4, 0.5) is 0 Å². The molecule has 0 saturated heterocycles. The van der Waals surface area contributed by atoms with E-state index in [1.165, 1.54) is 0 Å². The van der Waals surface area contributed by atoms with Crippen molar-refractivity contribution in [1.29, 1.82) is 0 Å². The maximum atomic E-state index is 10.4. The Morgan fingerprint density at radius 3 is 2.25 bits per heavy atom. The molecule has 1 atom stereocenters. The first-order valence-corrected chi connectivity index (χ1v) is 4.74. The van der Waals surface area contributed by atoms with Crippen LogP contribution in [0.25, 0.3) is 0 Å². The lowest BCUT2D eigenvalue weighted by atomic mass is 10.0. The molecule has 0 aliphatic rings. The molecular formula is C7H12O4S. The normalized spacial score (nSPS) is 12.2. The zero-order chi connectivity index (χ0) is 9.72. The molecule has 0 fully saturated rings. The minimum atomic E-state index is -2.59. The molecule has 0 radical (unpaired) electrons. The molecule has 0 bridgehead atoms. The number of carbonyl (C=O) groups is 1. The van der Waals surface area contributed by atoms with Crippen LogP contribution >= 0.6 is 0 Å². The second-order valence-electron chi connectivity index (χ2n) is 2.68. The maximum Gasteiger partial charge on any atom is 0.347 e. The van der Waals surface area contributed by atoms with Crippen molar-refractivity contribution in [3.05, 3.63) is 0 Å². The van der Waals surface area contributed by atoms with Crippen LogP contribution in [0, 0.1) is 5.92 Å². The van der Waals surface area contributed by atoms with Crippen LogP contribution in [-0.2, 0) is 15.1 Å². The summed E-state index contributed by atoms with van der Waals surface area (Å²) in [5.74, 6) is -1.25. The van der Waals surface area contributed by atoms with Crippen LogP contribution in [-0.4, -0.2) is 24.4 Å². The molecule has 0 amide bonds. The molecule has 0 aliphatic carbocycles. The quantitative estimate of drug-likeness (QED) is 0.660. The number of carboxylic acids is 1. The molecule has 1 unspecified atom stereocenters. The maximum absolute atomic E-state index is 10.4. The van der Waals surface area contributed by atoms with Gasteiger partial charge in [0.2, 0.25) is 10.3 Å². The van der Waals surface area contributed by atoms with E-state index in [0.717, 1.165) is 6.42 Å². The molecule has 4 nitrogen and oxygen atoms in total. The Kier molecular flexibility index (Phi) is 4.58. The zero-order valence-corrected chi connectivity index (χ0v) is 7.89. The monoisotopic (exact) mass is 192 g/mol. The zero-order valence-electron chi connectivity index (χ0n) is 7.07. The van der Waals surface area contributed by atoms with Crippen molar-refractivity contribution < 1.29 is 18.3 Å². The van der Waals surface area contributed by atoms with Crippen LogP contribution < -0.4 is 0 Å². The Balaban J connectivity index is 4.61. The summed E-state index contributed by atoms with van der Waals surface area (Å²) in [6.07, 6.45) is 0.885. The number of hydrogen-bond donors (Lipinski definition) is 1. The van der Waals surface area contributed by atoms with Gasteiger partial charge in [-0.05, 0) is 12.3 Å². The Bertz CT molecular complexity index is 281. The first kappa shape index (κ1) is 11.2. The summed E-state index contributed by atoms with van der Waals surface area (Å²) < 4.78 is 20.7. The molecule has 0 heterocycles. The van der Waals surface area contributed by atoms with E-state index in [0.29, 0.717) is 0 Å². The molecule has 0 aromatic carbocycles. The third-order valence-electron chi connectivity index (χ3n) is 1.67. The van der Waals surface area contributed by atoms with Crippen molar-refractivity contribution in [2.75, 3.05) is 0 Å². The third kappa shape index (κ3) is 3.52. The minimum Gasteiger partial charge on any atom is -0.477 e. The highest BCUT2D eigenvalue weighted by Crippen LogP contribution is 2.06. The fraction of sp³-hybridized carbons (Fsp3) is 0.714. The second-order valence-corrected chi connectivity index (χ2v) is 3.64. The first-order valence-electron chi connectivity index (χ1n) is 3.67. The van der Waals surface area contributed by atoms with Gasteiger partial charge in [0.1, 0.15) is 0 Å². The summed E-state index contributed by atoms with van der Waals surface area (Å²) >= 11 is 0. The molecule has 1 N–H and O–H groups in total. The van der Waals surface area contributed by atoms with E-state index in [1.54, 1.807) is 0 Å². The second kappa shape index (κ2) is 4.92. The molecular weight excluding hydrogens is 180 g/mol. The summed E-state index contributed by atoms with van der Waals surface area (Å²) in [5, 5.41) is 8.46. The molecule has 0 aromatic rings. The van der Waals surface area contributed by atoms with Crippen LogP contribution in [0.3, 0.4) is 0 Å². The van der Waals surface area contributed by atoms with E-state index in [1.807, 2.05) is 13.8 Å². The molecule has 0 aromatic heterocycles. The summed E-state index contributed by atoms with van der Waals surface area (Å²) in [4.78, 5) is 9.94. The average molecular weight is 192 g/mol. The van der Waals surface area contributed by atoms with Crippen LogP contribution in [0.5, 0.6) is 0 Å². The summed E-state index contributed by atoms with van der Waals surface area (Å²) in [6, 6.07) is 0. The minimum absolute atomic E-state index is 0.0917. The molecule has 0 saturated carbocycles. The van der Waals surface area contributed by atoms with Gasteiger partial charge in [0.05, 0.1) is 0 Å². The number of hydrogen-bond acceptors (Lipinski definition) is 3. The molecule has 0 spiro atoms. The average Bonchev–Trinajstić information content (AvgIpc) is 1.98. The van der Waals surface area contributed by atoms with E-state index < -0.39 is 21.1 Å². The standard InChI is InChI=1S/C7H12O4S/c1-3-5(2)4-6(7(8)9)12(10)11/h5H,3-4H2,1-2H3,(H,8,9). The van der Waals surface area contributed by atoms with Gasteiger partial charge in [0, 0.05) is 0 Å². The SMILES string of the molecule is CCC(C)CC(C(=O)O)=S(=O)=O. The van der Waals surface area contributed by atoms with Gasteiger partial charge >= 0.3 is 5.97 Å². The molecule has 0 rings (SSSR count). The summed E-state index contributed by atoms with van der Waals surface area (Å²) in [7, 11) is -2.59. The third-order valence-corrected chi connectivity index (χ3v) is 2.41. The lowest BCUT2D eigenvalue weighted by Gasteiger charge is -2.04. The highest BCUT2D eigenvalue weighted by molar-refractivity contribution is 7.74. The van der Waals surface area contributed by atoms with Crippen molar-refractivity contribution in [2.45, 2.75) is 26.7 Å². The number of carboxylic acid groups (broad SMARTS) is 1. The van der Waals surface area contributed by atoms with Crippen LogP contribution in [0.1, 0.15) is 26.7 Å². The molecule has 5 heteroatoms. The van der Waals surface area contributed by atoms with Crippen LogP contribution in [0.2, 0.25) is 0 Å². The summed E-state index contributed by atoms with van der Waals surface area (Å²) in [5.41, 5.74) is 0. The Morgan fingerprint density at radius 1 is 1.50 bits per heavy atom. The van der Waals surface area contributed by atoms with E-state index in [-0.39, 0.29) is 12.3 Å². The molecule has 0 aliphatic heterocycles. The largest absolute Gasteiger partial charge is 0.477 e. The number of rotatable bonds is 4. The van der Waals surface area contributed by atoms with E-state index in [2.05, 4.69) is 0 Å². The molecule has 70 valence electrons. The molecule has 12 heavy (non-hydrogen) atoms. The van der Waals surface area contributed by atoms with Crippen molar-refractivity contribution in [3.8, 4) is 0 Å². The number of aliphatic carboxylic acids is 1. The van der Waals surface area contributed by atoms with Crippen LogP contribution in [0.15, 0.2) is 0 Å². The van der Waals surface area contributed by atoms with Crippen molar-refractivity contribution in [2.24, 2.45) is 5.92 Å². The Labute approximate surface area is 72.7 Å². The topological polar surface area (TPSA) is 71.4 Å². The fourth-order valence-corrected chi connectivity index (χ4v) is 1.25. The van der Waals surface area contributed by atoms with Gasteiger partial charge in [-0.2, -0.15) is 8.42 Å². The van der Waals surface area contributed by atoms with Crippen molar-refractivity contribution in [3.63, 3.8) is 0 Å². The lowest BCUT2D eigenvalue weighted by molar-refractivity contribution is -0.129. The predicted molar refractivity (Wildman–Crippen MR) is 45.6 cm³/mol. The van der Waals surface area contributed by atoms with Gasteiger partial charge in [-0.15, -0.1) is 0 Å². The van der Waals surface area contributed by atoms with Gasteiger partial charge in [0.15, 0.2) is 4.86 Å². The van der Waals surface area contributed by atoms with E-state index in [4.69, 9.17) is 5.11 Å². The van der Waals surface area contributed by atoms with Crippen molar-refractivity contribution in [1.82, 2.24) is 0 Å². The first-order chi connectivity index (χ1) is 5.49. The highest BCUT2D eigenvalue weighted by Gasteiger charge is 2.14. The summed E-state index contributed by atoms with van der Waals surface area (Å²) in [6.45, 7) is 3.70.